The number of unbranched alkanes of at least 4 members (excludes halogenated alkanes) is 30. The molecule has 0 saturated carbocycles. The van der Waals surface area contributed by atoms with Crippen LogP contribution in [0.25, 0.3) is 0 Å². The molecule has 14 heteroatoms. The fourth-order valence-electron chi connectivity index (χ4n) is 10.2. The van der Waals surface area contributed by atoms with Crippen LogP contribution in [0.1, 0.15) is 226 Å². The van der Waals surface area contributed by atoms with E-state index >= 15 is 0 Å². The van der Waals surface area contributed by atoms with E-state index in [9.17, 15) is 4.79 Å². The third-order valence-electron chi connectivity index (χ3n) is 14.0. The predicted molar refractivity (Wildman–Crippen MR) is 342 cm³/mol. The molecule has 76 heavy (non-hydrogen) atoms. The second-order valence-corrected chi connectivity index (χ2v) is 50.3. The van der Waals surface area contributed by atoms with E-state index in [4.69, 9.17) is 31.6 Å². The first-order valence-corrected chi connectivity index (χ1v) is 49.4. The van der Waals surface area contributed by atoms with Crippen molar-refractivity contribution >= 4 is 47.5 Å². The van der Waals surface area contributed by atoms with Gasteiger partial charge in [-0.1, -0.05) is 212 Å². The molecule has 9 nitrogen and oxygen atoms in total. The Balaban J connectivity index is 3.14. The van der Waals surface area contributed by atoms with Crippen LogP contribution in [0.3, 0.4) is 0 Å². The van der Waals surface area contributed by atoms with Gasteiger partial charge in [0.05, 0.1) is 25.4 Å². The van der Waals surface area contributed by atoms with E-state index in [1.54, 1.807) is 0 Å². The monoisotopic (exact) mass is 1160 g/mol. The molecule has 1 saturated heterocycles. The topological polar surface area (TPSA) is 93.7 Å². The number of allylic oxidation sites excluding steroid dienone is 1. The SMILES string of the molecule is CCCCCCCCCCCCCC=CC(O[Si](C)(C)C)C(COC1OC(CO[Si](C)(C)C)C(O[Si](C)(C)C)C(O[Si](C)(C)C)C1O[Si](C)(C)C)NC(=O)CCCCCCCCCCCCCCCCCCCCCC. The van der Waals surface area contributed by atoms with Crippen LogP contribution in [0.15, 0.2) is 12.2 Å². The van der Waals surface area contributed by atoms with Gasteiger partial charge in [-0.25, -0.2) is 0 Å². The van der Waals surface area contributed by atoms with Crippen LogP contribution in [0.5, 0.6) is 0 Å². The number of ether oxygens (including phenoxy) is 2. The molecule has 0 aromatic rings. The van der Waals surface area contributed by atoms with Gasteiger partial charge in [-0.3, -0.25) is 4.79 Å². The summed E-state index contributed by atoms with van der Waals surface area (Å²) in [6.45, 7) is 38.6. The van der Waals surface area contributed by atoms with Gasteiger partial charge in [-0.05, 0) is 117 Å². The highest BCUT2D eigenvalue weighted by Crippen LogP contribution is 2.35. The van der Waals surface area contributed by atoms with Crippen LogP contribution in [0.4, 0.5) is 0 Å². The molecule has 0 radical (unpaired) electrons. The number of carbonyl (C=O) groups excluding carboxylic acids is 1. The molecule has 1 rings (SSSR count). The summed E-state index contributed by atoms with van der Waals surface area (Å²) in [5.74, 6) is 0.0587. The molecular formula is C62H131NO8Si5. The number of rotatable bonds is 50. The van der Waals surface area contributed by atoms with Crippen molar-refractivity contribution in [2.24, 2.45) is 0 Å². The minimum Gasteiger partial charge on any atom is -0.415 e. The molecule has 0 bridgehead atoms. The maximum Gasteiger partial charge on any atom is 0.220 e. The lowest BCUT2D eigenvalue weighted by molar-refractivity contribution is -0.292. The second kappa shape index (κ2) is 41.9. The fourth-order valence-corrected chi connectivity index (χ4v) is 15.1. The summed E-state index contributed by atoms with van der Waals surface area (Å²) in [5.41, 5.74) is 0. The van der Waals surface area contributed by atoms with E-state index in [0.29, 0.717) is 13.0 Å². The van der Waals surface area contributed by atoms with Gasteiger partial charge in [0, 0.05) is 6.42 Å². The molecule has 7 atom stereocenters. The minimum absolute atomic E-state index is 0.0587. The molecule has 1 aliphatic heterocycles. The van der Waals surface area contributed by atoms with Crippen molar-refractivity contribution in [2.75, 3.05) is 13.2 Å². The molecule has 452 valence electrons. The quantitative estimate of drug-likeness (QED) is 0.0366. The molecule has 1 N–H and O–H groups in total. The zero-order valence-electron chi connectivity index (χ0n) is 53.7. The van der Waals surface area contributed by atoms with E-state index in [1.165, 1.54) is 180 Å². The highest BCUT2D eigenvalue weighted by Gasteiger charge is 2.52. The van der Waals surface area contributed by atoms with Crippen LogP contribution in [0, 0.1) is 0 Å². The first-order valence-electron chi connectivity index (χ1n) is 32.3. The van der Waals surface area contributed by atoms with Crippen molar-refractivity contribution in [3.05, 3.63) is 12.2 Å². The van der Waals surface area contributed by atoms with Crippen molar-refractivity contribution in [2.45, 2.75) is 367 Å². The third kappa shape index (κ3) is 42.8. The molecule has 1 amide bonds. The Morgan fingerprint density at radius 3 is 1.21 bits per heavy atom. The number of amides is 1. The lowest BCUT2D eigenvalue weighted by atomic mass is 9.99. The second-order valence-electron chi connectivity index (χ2n) is 28.0. The standard InChI is InChI=1S/C62H131NO8Si5/c1-18-20-22-24-26-28-30-32-33-34-35-36-37-38-40-42-44-46-48-50-52-58(64)63-55(56(68-73(6,7)8)51-49-47-45-43-41-39-31-29-27-25-23-21-19-2)53-65-62-61(71-76(15,16)17)60(70-75(12,13)14)59(69-74(9,10)11)57(67-62)54-66-72(3,4)5/h49,51,55-57,59-62H,18-48,50,52-54H2,1-17H3,(H,63,64). The summed E-state index contributed by atoms with van der Waals surface area (Å²) in [6.07, 6.45) is 44.6. The molecule has 0 spiro atoms. The maximum atomic E-state index is 14.1. The van der Waals surface area contributed by atoms with E-state index in [0.717, 1.165) is 25.7 Å². The smallest absolute Gasteiger partial charge is 0.220 e. The normalized spacial score (nSPS) is 19.9. The lowest BCUT2D eigenvalue weighted by Gasteiger charge is -2.51. The Morgan fingerprint density at radius 1 is 0.461 bits per heavy atom. The first-order chi connectivity index (χ1) is 35.7. The van der Waals surface area contributed by atoms with Crippen molar-refractivity contribution < 1.29 is 36.4 Å². The minimum atomic E-state index is -2.18. The van der Waals surface area contributed by atoms with Crippen LogP contribution in [-0.4, -0.2) is 104 Å². The zero-order chi connectivity index (χ0) is 56.9. The molecule has 7 unspecified atom stereocenters. The molecule has 1 fully saturated rings. The van der Waals surface area contributed by atoms with Crippen molar-refractivity contribution in [1.82, 2.24) is 5.32 Å². The van der Waals surface area contributed by atoms with Crippen molar-refractivity contribution in [1.29, 1.82) is 0 Å². The van der Waals surface area contributed by atoms with Gasteiger partial charge in [0.2, 0.25) is 5.91 Å². The summed E-state index contributed by atoms with van der Waals surface area (Å²) in [4.78, 5) is 14.1. The molecular weight excluding hydrogens is 1030 g/mol. The van der Waals surface area contributed by atoms with Gasteiger partial charge in [-0.15, -0.1) is 0 Å². The largest absolute Gasteiger partial charge is 0.415 e. The van der Waals surface area contributed by atoms with Gasteiger partial charge < -0.3 is 36.9 Å². The van der Waals surface area contributed by atoms with Gasteiger partial charge in [-0.2, -0.15) is 0 Å². The number of hydrogen-bond donors (Lipinski definition) is 1. The Labute approximate surface area is 478 Å². The first kappa shape index (κ1) is 74.0. The number of carbonyl (C=O) groups is 1. The Morgan fingerprint density at radius 2 is 0.829 bits per heavy atom. The Hall–Kier alpha value is 0.0144. The van der Waals surface area contributed by atoms with Gasteiger partial charge in [0.25, 0.3) is 0 Å². The average molecular weight is 1160 g/mol. The summed E-state index contributed by atoms with van der Waals surface area (Å²) >= 11 is 0. The van der Waals surface area contributed by atoms with Crippen molar-refractivity contribution in [3.63, 3.8) is 0 Å². The zero-order valence-corrected chi connectivity index (χ0v) is 58.7. The lowest BCUT2D eigenvalue weighted by Crippen LogP contribution is -2.66. The highest BCUT2D eigenvalue weighted by atomic mass is 28.4. The number of nitrogens with one attached hydrogen (secondary N) is 1. The summed E-state index contributed by atoms with van der Waals surface area (Å²) in [6, 6.07) is -0.418. The van der Waals surface area contributed by atoms with E-state index in [1.807, 2.05) is 0 Å². The predicted octanol–water partition coefficient (Wildman–Crippen LogP) is 19.4. The average Bonchev–Trinajstić information content (AvgIpc) is 3.30. The Kier molecular flexibility index (Phi) is 40.8. The van der Waals surface area contributed by atoms with Gasteiger partial charge in [0.1, 0.15) is 24.4 Å². The van der Waals surface area contributed by atoms with Crippen molar-refractivity contribution in [3.8, 4) is 0 Å². The fraction of sp³-hybridized carbons (Fsp3) is 0.952. The molecule has 1 aliphatic rings. The molecule has 1 heterocycles. The van der Waals surface area contributed by atoms with Crippen LogP contribution >= 0.6 is 0 Å². The van der Waals surface area contributed by atoms with Crippen LogP contribution < -0.4 is 5.32 Å². The third-order valence-corrected chi connectivity index (χ3v) is 18.9. The summed E-state index contributed by atoms with van der Waals surface area (Å²) in [5, 5.41) is 3.48. The molecule has 0 aromatic heterocycles. The van der Waals surface area contributed by atoms with E-state index in [2.05, 4.69) is 130 Å². The number of hydrogen-bond acceptors (Lipinski definition) is 8. The van der Waals surface area contributed by atoms with Gasteiger partial charge in [0.15, 0.2) is 47.9 Å². The van der Waals surface area contributed by atoms with E-state index in [-0.39, 0.29) is 24.7 Å². The molecule has 0 aromatic carbocycles. The summed E-state index contributed by atoms with van der Waals surface area (Å²) < 4.78 is 49.1. The Bertz CT molecular complexity index is 1420. The summed E-state index contributed by atoms with van der Waals surface area (Å²) in [7, 11) is -10.4. The molecule has 0 aliphatic carbocycles. The highest BCUT2D eigenvalue weighted by molar-refractivity contribution is 6.71. The van der Waals surface area contributed by atoms with Gasteiger partial charge >= 0.3 is 0 Å². The van der Waals surface area contributed by atoms with E-state index < -0.39 is 72.2 Å². The van der Waals surface area contributed by atoms with Crippen LogP contribution in [0.2, 0.25) is 98.2 Å². The maximum absolute atomic E-state index is 14.1. The van der Waals surface area contributed by atoms with Crippen LogP contribution in [-0.2, 0) is 36.4 Å².